The average molecular weight is 362 g/mol. The molecule has 0 N–H and O–H groups in total. The van der Waals surface area contributed by atoms with Crippen molar-refractivity contribution in [2.75, 3.05) is 0 Å². The van der Waals surface area contributed by atoms with Gasteiger partial charge in [0.15, 0.2) is 0 Å². The molecule has 2 nitrogen and oxygen atoms in total. The van der Waals surface area contributed by atoms with E-state index in [1.54, 1.807) is 0 Å². The Bertz CT molecular complexity index is 1420. The van der Waals surface area contributed by atoms with Crippen LogP contribution < -0.4 is 0 Å². The lowest BCUT2D eigenvalue weighted by molar-refractivity contribution is 0.866. The molecule has 136 valence electrons. The molecular weight excluding hydrogens is 340 g/mol. The Balaban J connectivity index is 1.81. The molecule has 0 saturated carbocycles. The molecule has 0 saturated heterocycles. The van der Waals surface area contributed by atoms with Gasteiger partial charge in [0.1, 0.15) is 5.65 Å². The first-order chi connectivity index (χ1) is 13.6. The molecule has 0 fully saturated rings. The van der Waals surface area contributed by atoms with Crippen LogP contribution in [0.25, 0.3) is 38.4 Å². The fourth-order valence-electron chi connectivity index (χ4n) is 5.19. The van der Waals surface area contributed by atoms with Gasteiger partial charge < -0.3 is 0 Å². The molecule has 0 atom stereocenters. The van der Waals surface area contributed by atoms with Gasteiger partial charge in [0, 0.05) is 16.5 Å². The van der Waals surface area contributed by atoms with E-state index in [-0.39, 0.29) is 0 Å². The molecule has 2 heteroatoms. The van der Waals surface area contributed by atoms with Crippen LogP contribution in [0, 0.1) is 20.8 Å². The lowest BCUT2D eigenvalue weighted by atomic mass is 9.92. The molecule has 2 aromatic heterocycles. The Morgan fingerprint density at radius 2 is 1.57 bits per heavy atom. The van der Waals surface area contributed by atoms with Gasteiger partial charge >= 0.3 is 0 Å². The standard InChI is InChI=1S/C26H22N2/c1-15-6-4-7-16(2)24(15)19-10-12-21-22(14-19)20-9-5-8-18-11-13-23-17(3)27-26(21)28(23)25(18)20/h4-10,12,14H,11,13H2,1-3H3. The van der Waals surface area contributed by atoms with Crippen molar-refractivity contribution in [3.63, 3.8) is 0 Å². The molecule has 5 aromatic rings. The molecule has 0 unspecified atom stereocenters. The van der Waals surface area contributed by atoms with Gasteiger partial charge in [-0.2, -0.15) is 0 Å². The van der Waals surface area contributed by atoms with E-state index in [4.69, 9.17) is 4.98 Å². The topological polar surface area (TPSA) is 17.3 Å². The van der Waals surface area contributed by atoms with Gasteiger partial charge in [0.25, 0.3) is 0 Å². The number of para-hydroxylation sites is 1. The highest BCUT2D eigenvalue weighted by atomic mass is 15.0. The number of benzene rings is 3. The first-order valence-electron chi connectivity index (χ1n) is 10.1. The number of nitrogens with zero attached hydrogens (tertiary/aromatic N) is 2. The number of imidazole rings is 1. The average Bonchev–Trinajstić information content (AvgIpc) is 3.04. The molecular formula is C26H22N2. The SMILES string of the molecule is Cc1cccc(C)c1-c1ccc2c(c1)c1cccc3c1n1c(c(C)nc21)CC3. The van der Waals surface area contributed by atoms with Crippen molar-refractivity contribution in [2.45, 2.75) is 33.6 Å². The van der Waals surface area contributed by atoms with Gasteiger partial charge in [-0.1, -0.05) is 42.5 Å². The fourth-order valence-corrected chi connectivity index (χ4v) is 5.19. The number of aromatic nitrogens is 2. The first-order valence-corrected chi connectivity index (χ1v) is 10.1. The molecule has 1 aliphatic heterocycles. The van der Waals surface area contributed by atoms with E-state index in [1.807, 2.05) is 0 Å². The number of aryl methyl sites for hydroxylation is 5. The van der Waals surface area contributed by atoms with Crippen molar-refractivity contribution in [2.24, 2.45) is 0 Å². The normalized spacial score (nSPS) is 13.2. The highest BCUT2D eigenvalue weighted by molar-refractivity contribution is 6.14. The van der Waals surface area contributed by atoms with Gasteiger partial charge in [-0.15, -0.1) is 0 Å². The van der Waals surface area contributed by atoms with E-state index in [9.17, 15) is 0 Å². The largest absolute Gasteiger partial charge is 0.296 e. The predicted molar refractivity (Wildman–Crippen MR) is 117 cm³/mol. The zero-order chi connectivity index (χ0) is 19.0. The number of hydrogen-bond acceptors (Lipinski definition) is 1. The van der Waals surface area contributed by atoms with Gasteiger partial charge in [0.2, 0.25) is 0 Å². The quantitative estimate of drug-likeness (QED) is 0.318. The minimum atomic E-state index is 1.07. The van der Waals surface area contributed by atoms with Crippen molar-refractivity contribution in [1.82, 2.24) is 9.38 Å². The number of rotatable bonds is 1. The minimum Gasteiger partial charge on any atom is -0.296 e. The maximum Gasteiger partial charge on any atom is 0.145 e. The fraction of sp³-hybridized carbons (Fsp3) is 0.192. The Morgan fingerprint density at radius 3 is 2.39 bits per heavy atom. The highest BCUT2D eigenvalue weighted by Crippen LogP contribution is 2.38. The summed E-state index contributed by atoms with van der Waals surface area (Å²) in [5.74, 6) is 0. The summed E-state index contributed by atoms with van der Waals surface area (Å²) in [6.07, 6.45) is 2.17. The maximum atomic E-state index is 5.00. The first kappa shape index (κ1) is 15.9. The molecule has 6 rings (SSSR count). The van der Waals surface area contributed by atoms with E-state index in [0.717, 1.165) is 18.5 Å². The Hall–Kier alpha value is -3.13. The minimum absolute atomic E-state index is 1.07. The summed E-state index contributed by atoms with van der Waals surface area (Å²) in [6.45, 7) is 6.56. The Morgan fingerprint density at radius 1 is 0.786 bits per heavy atom. The molecule has 0 spiro atoms. The second kappa shape index (κ2) is 5.45. The zero-order valence-electron chi connectivity index (χ0n) is 16.5. The smallest absolute Gasteiger partial charge is 0.145 e. The summed E-state index contributed by atoms with van der Waals surface area (Å²) in [7, 11) is 0. The summed E-state index contributed by atoms with van der Waals surface area (Å²) < 4.78 is 2.42. The molecule has 28 heavy (non-hydrogen) atoms. The monoisotopic (exact) mass is 362 g/mol. The van der Waals surface area contributed by atoms with E-state index < -0.39 is 0 Å². The van der Waals surface area contributed by atoms with Crippen molar-refractivity contribution in [3.05, 3.63) is 82.7 Å². The van der Waals surface area contributed by atoms with Crippen LogP contribution in [0.5, 0.6) is 0 Å². The number of pyridine rings is 1. The summed E-state index contributed by atoms with van der Waals surface area (Å²) in [4.78, 5) is 5.00. The van der Waals surface area contributed by atoms with Crippen LogP contribution in [-0.2, 0) is 12.8 Å². The maximum absolute atomic E-state index is 5.00. The summed E-state index contributed by atoms with van der Waals surface area (Å²) >= 11 is 0. The van der Waals surface area contributed by atoms with Crippen LogP contribution in [0.1, 0.15) is 28.1 Å². The lowest BCUT2D eigenvalue weighted by Crippen LogP contribution is -2.08. The number of hydrogen-bond donors (Lipinski definition) is 0. The van der Waals surface area contributed by atoms with Crippen LogP contribution in [0.3, 0.4) is 0 Å². The number of fused-ring (bicyclic) bond motifs is 3. The Labute approximate surface area is 164 Å². The molecule has 3 heterocycles. The lowest BCUT2D eigenvalue weighted by Gasteiger charge is -2.19. The molecule has 0 aliphatic carbocycles. The predicted octanol–water partition coefficient (Wildman–Crippen LogP) is 6.33. The third-order valence-corrected chi connectivity index (χ3v) is 6.47. The van der Waals surface area contributed by atoms with Crippen molar-refractivity contribution >= 4 is 27.3 Å². The van der Waals surface area contributed by atoms with Crippen molar-refractivity contribution in [3.8, 4) is 11.1 Å². The van der Waals surface area contributed by atoms with Gasteiger partial charge in [-0.25, -0.2) is 4.98 Å². The highest BCUT2D eigenvalue weighted by Gasteiger charge is 2.21. The zero-order valence-corrected chi connectivity index (χ0v) is 16.5. The molecule has 3 aromatic carbocycles. The summed E-state index contributed by atoms with van der Waals surface area (Å²) in [5.41, 5.74) is 11.7. The molecule has 0 radical (unpaired) electrons. The van der Waals surface area contributed by atoms with E-state index in [1.165, 1.54) is 60.9 Å². The third-order valence-electron chi connectivity index (χ3n) is 6.47. The van der Waals surface area contributed by atoms with Crippen LogP contribution in [0.15, 0.2) is 54.6 Å². The van der Waals surface area contributed by atoms with Crippen LogP contribution in [-0.4, -0.2) is 9.38 Å². The van der Waals surface area contributed by atoms with Gasteiger partial charge in [-0.3, -0.25) is 4.40 Å². The van der Waals surface area contributed by atoms with Gasteiger partial charge in [0.05, 0.1) is 11.2 Å². The third kappa shape index (κ3) is 1.95. The second-order valence-electron chi connectivity index (χ2n) is 8.14. The van der Waals surface area contributed by atoms with Crippen LogP contribution in [0.2, 0.25) is 0 Å². The summed E-state index contributed by atoms with van der Waals surface area (Å²) in [5, 5.41) is 3.89. The van der Waals surface area contributed by atoms with Gasteiger partial charge in [-0.05, 0) is 78.9 Å². The van der Waals surface area contributed by atoms with E-state index >= 15 is 0 Å². The molecule has 0 amide bonds. The van der Waals surface area contributed by atoms with Crippen LogP contribution >= 0.6 is 0 Å². The van der Waals surface area contributed by atoms with E-state index in [0.29, 0.717) is 0 Å². The van der Waals surface area contributed by atoms with E-state index in [2.05, 4.69) is 79.8 Å². The molecule has 0 bridgehead atoms. The summed E-state index contributed by atoms with van der Waals surface area (Å²) in [6, 6.07) is 20.2. The second-order valence-corrected chi connectivity index (χ2v) is 8.14. The van der Waals surface area contributed by atoms with Crippen molar-refractivity contribution < 1.29 is 0 Å². The Kier molecular flexibility index (Phi) is 3.09. The molecule has 1 aliphatic rings. The van der Waals surface area contributed by atoms with Crippen LogP contribution in [0.4, 0.5) is 0 Å². The van der Waals surface area contributed by atoms with Crippen molar-refractivity contribution in [1.29, 1.82) is 0 Å².